The summed E-state index contributed by atoms with van der Waals surface area (Å²) >= 11 is 2.01. The van der Waals surface area contributed by atoms with Gasteiger partial charge in [-0.2, -0.15) is 0 Å². The topological polar surface area (TPSA) is 115 Å². The Morgan fingerprint density at radius 3 is 2.06 bits per heavy atom. The maximum absolute atomic E-state index is 11.2. The number of hydrogen-bond acceptors (Lipinski definition) is 1. The van der Waals surface area contributed by atoms with Crippen LogP contribution in [-0.4, -0.2) is 45.9 Å². The molecule has 6 heteroatoms. The first kappa shape index (κ1) is 20.3. The van der Waals surface area contributed by atoms with E-state index in [1.807, 2.05) is 40.8 Å². The third-order valence-corrected chi connectivity index (χ3v) is 2.46. The molecule has 1 rings (SSSR count). The van der Waals surface area contributed by atoms with Crippen molar-refractivity contribution in [2.24, 2.45) is 0 Å². The van der Waals surface area contributed by atoms with E-state index in [0.29, 0.717) is 0 Å². The van der Waals surface area contributed by atoms with E-state index < -0.39 is 0 Å². The standard InChI is InChI=1S/C10H10GeNO.3H2O/c1-3-10(13)12(2)9-6-4-8(11)5-7-9;;;/h3-7H,1H2,2H3;3*1H2. The molecule has 0 aliphatic carbocycles. The first-order chi connectivity index (χ1) is 6.15. The Bertz CT molecular complexity index is 326. The summed E-state index contributed by atoms with van der Waals surface area (Å²) < 4.78 is 1.18. The smallest absolute Gasteiger partial charge is 0.412 e. The number of amides is 1. The van der Waals surface area contributed by atoms with Crippen molar-refractivity contribution in [1.82, 2.24) is 0 Å². The molecule has 5 nitrogen and oxygen atoms in total. The van der Waals surface area contributed by atoms with Gasteiger partial charge in [0.05, 0.1) is 0 Å². The van der Waals surface area contributed by atoms with Crippen LogP contribution in [0.25, 0.3) is 0 Å². The molecule has 0 spiro atoms. The Morgan fingerprint density at radius 1 is 1.25 bits per heavy atom. The van der Waals surface area contributed by atoms with Crippen LogP contribution in [0.15, 0.2) is 36.9 Å². The van der Waals surface area contributed by atoms with Gasteiger partial charge in [0.25, 0.3) is 0 Å². The van der Waals surface area contributed by atoms with E-state index in [2.05, 4.69) is 6.58 Å². The van der Waals surface area contributed by atoms with Crippen LogP contribution in [0, 0.1) is 0 Å². The molecule has 3 radical (unpaired) electrons. The van der Waals surface area contributed by atoms with Crippen molar-refractivity contribution in [3.8, 4) is 0 Å². The summed E-state index contributed by atoms with van der Waals surface area (Å²) in [5, 5.41) is 0. The van der Waals surface area contributed by atoms with Crippen LogP contribution in [-0.2, 0) is 4.79 Å². The van der Waals surface area contributed by atoms with Crippen LogP contribution < -0.4 is 9.30 Å². The molecule has 0 unspecified atom stereocenters. The van der Waals surface area contributed by atoms with E-state index in [9.17, 15) is 4.79 Å². The zero-order valence-electron chi connectivity index (χ0n) is 8.95. The number of anilines is 1. The van der Waals surface area contributed by atoms with Gasteiger partial charge in [0.15, 0.2) is 0 Å². The van der Waals surface area contributed by atoms with Crippen molar-refractivity contribution >= 4 is 32.5 Å². The molecule has 0 aliphatic heterocycles. The molecule has 1 amide bonds. The summed E-state index contributed by atoms with van der Waals surface area (Å²) in [6.45, 7) is 3.43. The van der Waals surface area contributed by atoms with Gasteiger partial charge < -0.3 is 16.4 Å². The molecule has 6 N–H and O–H groups in total. The fourth-order valence-electron chi connectivity index (χ4n) is 0.949. The molecule has 0 atom stereocenters. The van der Waals surface area contributed by atoms with Gasteiger partial charge in [-0.25, -0.2) is 0 Å². The van der Waals surface area contributed by atoms with Gasteiger partial charge in [-0.15, -0.1) is 0 Å². The van der Waals surface area contributed by atoms with Crippen molar-refractivity contribution in [1.29, 1.82) is 0 Å². The SMILES string of the molecule is C=CC(=O)N(C)c1cc[c]([Ge])cc1.O.O.O. The largest absolute Gasteiger partial charge is 0.412 e. The summed E-state index contributed by atoms with van der Waals surface area (Å²) in [6.07, 6.45) is 1.31. The number of benzene rings is 1. The monoisotopic (exact) mass is 288 g/mol. The predicted molar refractivity (Wildman–Crippen MR) is 66.3 cm³/mol. The Hall–Kier alpha value is -1.15. The van der Waals surface area contributed by atoms with Gasteiger partial charge in [-0.05, 0) is 0 Å². The average Bonchev–Trinajstić information content (AvgIpc) is 2.17. The van der Waals surface area contributed by atoms with E-state index in [0.717, 1.165) is 5.69 Å². The maximum Gasteiger partial charge on any atom is -0.412 e. The van der Waals surface area contributed by atoms with Gasteiger partial charge in [-0.1, -0.05) is 0 Å². The third-order valence-electron chi connectivity index (χ3n) is 1.76. The van der Waals surface area contributed by atoms with E-state index in [1.165, 1.54) is 10.5 Å². The summed E-state index contributed by atoms with van der Waals surface area (Å²) in [5.74, 6) is -0.0937. The average molecular weight is 287 g/mol. The minimum atomic E-state index is -0.0937. The molecule has 0 aliphatic rings. The molecule has 0 saturated heterocycles. The first-order valence-electron chi connectivity index (χ1n) is 3.87. The molecule has 0 aromatic heterocycles. The van der Waals surface area contributed by atoms with Crippen LogP contribution in [0.3, 0.4) is 0 Å². The van der Waals surface area contributed by atoms with Crippen molar-refractivity contribution in [2.45, 2.75) is 0 Å². The molecule has 0 heterocycles. The van der Waals surface area contributed by atoms with Crippen molar-refractivity contribution in [2.75, 3.05) is 11.9 Å². The predicted octanol–water partition coefficient (Wildman–Crippen LogP) is -1.84. The van der Waals surface area contributed by atoms with E-state index in [4.69, 9.17) is 0 Å². The maximum atomic E-state index is 11.2. The first-order valence-corrected chi connectivity index (χ1v) is 4.92. The number of carbonyl (C=O) groups excluding carboxylic acids is 1. The van der Waals surface area contributed by atoms with Gasteiger partial charge >= 0.3 is 86.2 Å². The quantitative estimate of drug-likeness (QED) is 0.461. The summed E-state index contributed by atoms with van der Waals surface area (Å²) in [5.41, 5.74) is 0.885. The van der Waals surface area contributed by atoms with E-state index in [1.54, 1.807) is 11.9 Å². The molecular weight excluding hydrogens is 271 g/mol. The van der Waals surface area contributed by atoms with Crippen LogP contribution in [0.2, 0.25) is 0 Å². The minimum Gasteiger partial charge on any atom is -0.412 e. The van der Waals surface area contributed by atoms with Crippen LogP contribution in [0.1, 0.15) is 0 Å². The van der Waals surface area contributed by atoms with E-state index >= 15 is 0 Å². The zero-order chi connectivity index (χ0) is 9.84. The normalized spacial score (nSPS) is 7.62. The fourth-order valence-corrected chi connectivity index (χ4v) is 1.30. The summed E-state index contributed by atoms with van der Waals surface area (Å²) in [6, 6.07) is 7.78. The fraction of sp³-hybridized carbons (Fsp3) is 0.100. The minimum absolute atomic E-state index is 0. The second kappa shape index (κ2) is 9.11. The number of likely N-dealkylation sites (N-methyl/N-ethyl adjacent to an activating group) is 1. The molecule has 0 bridgehead atoms. The summed E-state index contributed by atoms with van der Waals surface area (Å²) in [7, 11) is 1.73. The van der Waals surface area contributed by atoms with Crippen LogP contribution >= 0.6 is 0 Å². The van der Waals surface area contributed by atoms with Gasteiger partial charge in [-0.3, -0.25) is 0 Å². The molecule has 0 saturated carbocycles. The van der Waals surface area contributed by atoms with Gasteiger partial charge in [0.1, 0.15) is 0 Å². The van der Waals surface area contributed by atoms with Crippen molar-refractivity contribution < 1.29 is 21.2 Å². The molecule has 0 fully saturated rings. The molecule has 1 aromatic rings. The Balaban J connectivity index is -0.000000563. The van der Waals surface area contributed by atoms with Crippen LogP contribution in [0.4, 0.5) is 5.69 Å². The molecule has 1 aromatic carbocycles. The molecule has 89 valence electrons. The Kier molecular flexibility index (Phi) is 11.5. The van der Waals surface area contributed by atoms with Crippen molar-refractivity contribution in [3.63, 3.8) is 0 Å². The Labute approximate surface area is 103 Å². The second-order valence-corrected chi connectivity index (χ2v) is 3.86. The van der Waals surface area contributed by atoms with Crippen LogP contribution in [0.5, 0.6) is 0 Å². The number of carbonyl (C=O) groups is 1. The van der Waals surface area contributed by atoms with Gasteiger partial charge in [0, 0.05) is 0 Å². The van der Waals surface area contributed by atoms with E-state index in [-0.39, 0.29) is 22.3 Å². The number of hydrogen-bond donors (Lipinski definition) is 0. The Morgan fingerprint density at radius 2 is 1.69 bits per heavy atom. The summed E-state index contributed by atoms with van der Waals surface area (Å²) in [4.78, 5) is 12.8. The van der Waals surface area contributed by atoms with Crippen molar-refractivity contribution in [3.05, 3.63) is 36.9 Å². The van der Waals surface area contributed by atoms with Gasteiger partial charge in [0.2, 0.25) is 0 Å². The second-order valence-electron chi connectivity index (χ2n) is 2.65. The number of nitrogens with zero attached hydrogens (tertiary/aromatic N) is 1. The molecule has 16 heavy (non-hydrogen) atoms. The third kappa shape index (κ3) is 5.08. The molecular formula is C10H16GeNO4. The zero-order valence-corrected chi connectivity index (χ0v) is 11.0. The number of rotatable bonds is 2.